The Labute approximate surface area is 185 Å². The topological polar surface area (TPSA) is 50.8 Å². The maximum absolute atomic E-state index is 14.3. The predicted octanol–water partition coefficient (Wildman–Crippen LogP) is 4.86. The first-order valence-electron chi connectivity index (χ1n) is 9.42. The molecule has 0 radical (unpaired) electrons. The van der Waals surface area contributed by atoms with E-state index in [-0.39, 0.29) is 5.69 Å². The monoisotopic (exact) mass is 476 g/mol. The Hall–Kier alpha value is -2.53. The summed E-state index contributed by atoms with van der Waals surface area (Å²) in [5.41, 5.74) is -2.49. The van der Waals surface area contributed by atoms with Crippen molar-refractivity contribution in [3.63, 3.8) is 0 Å². The van der Waals surface area contributed by atoms with E-state index in [1.165, 1.54) is 11.8 Å². The Morgan fingerprint density at radius 1 is 1.22 bits per heavy atom. The van der Waals surface area contributed by atoms with Crippen molar-refractivity contribution in [2.75, 3.05) is 37.2 Å². The number of ether oxygens (including phenoxy) is 2. The molecule has 11 heteroatoms. The van der Waals surface area contributed by atoms with Crippen LogP contribution in [0.15, 0.2) is 41.3 Å². The third-order valence-corrected chi connectivity index (χ3v) is 6.14. The van der Waals surface area contributed by atoms with E-state index < -0.39 is 54.1 Å². The smallest absolute Gasteiger partial charge is 0.419 e. The third-order valence-electron chi connectivity index (χ3n) is 5.42. The van der Waals surface area contributed by atoms with Crippen LogP contribution in [0.25, 0.3) is 0 Å². The fourth-order valence-corrected chi connectivity index (χ4v) is 4.16. The number of nitrogens with zero attached hydrogens (tertiary/aromatic N) is 1. The van der Waals surface area contributed by atoms with Crippen molar-refractivity contribution < 1.29 is 36.2 Å². The van der Waals surface area contributed by atoms with E-state index in [9.17, 15) is 26.7 Å². The predicted molar refractivity (Wildman–Crippen MR) is 111 cm³/mol. The molecule has 1 saturated heterocycles. The van der Waals surface area contributed by atoms with Crippen LogP contribution >= 0.6 is 11.8 Å². The van der Waals surface area contributed by atoms with Crippen molar-refractivity contribution in [2.45, 2.75) is 29.1 Å². The number of anilines is 2. The van der Waals surface area contributed by atoms with Gasteiger partial charge >= 0.3 is 6.18 Å². The lowest BCUT2D eigenvalue weighted by Crippen LogP contribution is -2.49. The molecule has 1 aliphatic rings. The zero-order valence-corrected chi connectivity index (χ0v) is 18.2. The van der Waals surface area contributed by atoms with Crippen LogP contribution in [-0.2, 0) is 9.53 Å². The molecule has 174 valence electrons. The van der Waals surface area contributed by atoms with Crippen LogP contribution < -0.4 is 15.0 Å². The van der Waals surface area contributed by atoms with Crippen LogP contribution in [0.3, 0.4) is 0 Å². The molecule has 0 aliphatic carbocycles. The molecule has 1 heterocycles. The highest BCUT2D eigenvalue weighted by atomic mass is 32.2. The third kappa shape index (κ3) is 4.36. The van der Waals surface area contributed by atoms with Gasteiger partial charge in [-0.3, -0.25) is 4.79 Å². The van der Waals surface area contributed by atoms with Crippen LogP contribution in [0.4, 0.5) is 33.3 Å². The summed E-state index contributed by atoms with van der Waals surface area (Å²) in [5.74, 6) is -3.94. The first kappa shape index (κ1) is 24.1. The van der Waals surface area contributed by atoms with E-state index in [4.69, 9.17) is 9.47 Å². The highest BCUT2D eigenvalue weighted by Crippen LogP contribution is 2.47. The van der Waals surface area contributed by atoms with Gasteiger partial charge in [0, 0.05) is 24.1 Å². The van der Waals surface area contributed by atoms with E-state index in [2.05, 4.69) is 5.32 Å². The normalized spacial score (nSPS) is 21.0. The summed E-state index contributed by atoms with van der Waals surface area (Å²) in [6.45, 7) is -0.808. The number of carbonyl (C=O) groups is 1. The van der Waals surface area contributed by atoms with Gasteiger partial charge in [0.05, 0.1) is 19.3 Å². The maximum atomic E-state index is 14.3. The van der Waals surface area contributed by atoms with Gasteiger partial charge in [0.2, 0.25) is 11.7 Å². The minimum Gasteiger partial charge on any atom is -0.491 e. The van der Waals surface area contributed by atoms with Gasteiger partial charge < -0.3 is 19.7 Å². The molecule has 2 aromatic rings. The minimum absolute atomic E-state index is 0.187. The molecule has 1 aliphatic heterocycles. The van der Waals surface area contributed by atoms with Crippen LogP contribution in [0, 0.1) is 11.6 Å². The number of nitrogens with one attached hydrogen (secondary N) is 1. The number of halogens is 5. The number of methoxy groups -OCH3 is 2. The lowest BCUT2D eigenvalue weighted by molar-refractivity contribution is -0.261. The molecule has 2 atom stereocenters. The van der Waals surface area contributed by atoms with Crippen molar-refractivity contribution in [2.24, 2.45) is 0 Å². The fourth-order valence-electron chi connectivity index (χ4n) is 3.70. The van der Waals surface area contributed by atoms with E-state index in [1.54, 1.807) is 18.2 Å². The number of hydrogen-bond donors (Lipinski definition) is 1. The van der Waals surface area contributed by atoms with Gasteiger partial charge in [-0.05, 0) is 36.6 Å². The van der Waals surface area contributed by atoms with Crippen LogP contribution in [0.1, 0.15) is 6.42 Å². The number of carbonyl (C=O) groups excluding carboxylic acids is 1. The van der Waals surface area contributed by atoms with Crippen molar-refractivity contribution in [3.8, 4) is 5.75 Å². The fraction of sp³-hybridized carbons (Fsp3) is 0.381. The number of hydrogen-bond acceptors (Lipinski definition) is 5. The summed E-state index contributed by atoms with van der Waals surface area (Å²) in [7, 11) is 1.96. The second kappa shape index (κ2) is 9.14. The molecule has 0 saturated carbocycles. The lowest BCUT2D eigenvalue weighted by Gasteiger charge is -2.31. The molecular formula is C21H21F5N2O3S. The van der Waals surface area contributed by atoms with E-state index >= 15 is 0 Å². The Balaban J connectivity index is 2.04. The summed E-state index contributed by atoms with van der Waals surface area (Å²) in [4.78, 5) is 15.0. The van der Waals surface area contributed by atoms with Gasteiger partial charge in [-0.25, -0.2) is 4.39 Å². The Morgan fingerprint density at radius 2 is 1.94 bits per heavy atom. The van der Waals surface area contributed by atoms with Crippen molar-refractivity contribution in [1.82, 2.24) is 0 Å². The number of thioether (sulfide) groups is 1. The summed E-state index contributed by atoms with van der Waals surface area (Å²) in [6, 6.07) is 7.23. The van der Waals surface area contributed by atoms with Crippen molar-refractivity contribution >= 4 is 29.0 Å². The molecule has 1 amide bonds. The van der Waals surface area contributed by atoms with Gasteiger partial charge in [-0.1, -0.05) is 6.07 Å². The summed E-state index contributed by atoms with van der Waals surface area (Å²) in [5, 5.41) is 2.61. The number of amides is 1. The Kier molecular flexibility index (Phi) is 6.89. The van der Waals surface area contributed by atoms with E-state index in [0.29, 0.717) is 5.69 Å². The maximum Gasteiger partial charge on any atom is 0.419 e. The highest BCUT2D eigenvalue weighted by Gasteiger charge is 2.63. The molecule has 32 heavy (non-hydrogen) atoms. The van der Waals surface area contributed by atoms with Crippen molar-refractivity contribution in [3.05, 3.63) is 48.0 Å². The van der Waals surface area contributed by atoms with Gasteiger partial charge in [-0.15, -0.1) is 11.8 Å². The van der Waals surface area contributed by atoms with Crippen LogP contribution in [0.2, 0.25) is 0 Å². The van der Waals surface area contributed by atoms with Gasteiger partial charge in [-0.2, -0.15) is 17.6 Å². The second-order valence-corrected chi connectivity index (χ2v) is 8.06. The lowest BCUT2D eigenvalue weighted by atomic mass is 9.99. The van der Waals surface area contributed by atoms with Gasteiger partial charge in [0.15, 0.2) is 17.2 Å². The molecule has 2 aromatic carbocycles. The summed E-state index contributed by atoms with van der Waals surface area (Å²) >= 11 is 1.43. The second-order valence-electron chi connectivity index (χ2n) is 7.18. The summed E-state index contributed by atoms with van der Waals surface area (Å²) < 4.78 is 79.6. The van der Waals surface area contributed by atoms with Gasteiger partial charge in [0.25, 0.3) is 0 Å². The van der Waals surface area contributed by atoms with Crippen LogP contribution in [0.5, 0.6) is 5.75 Å². The van der Waals surface area contributed by atoms with Crippen molar-refractivity contribution in [1.29, 1.82) is 0 Å². The average molecular weight is 476 g/mol. The molecule has 0 aromatic heterocycles. The minimum atomic E-state index is -4.82. The quantitative estimate of drug-likeness (QED) is 0.477. The van der Waals surface area contributed by atoms with E-state index in [1.807, 2.05) is 12.3 Å². The largest absolute Gasteiger partial charge is 0.491 e. The number of rotatable bonds is 6. The zero-order chi connectivity index (χ0) is 23.7. The zero-order valence-electron chi connectivity index (χ0n) is 17.4. The average Bonchev–Trinajstić information content (AvgIpc) is 3.17. The van der Waals surface area contributed by atoms with E-state index in [0.717, 1.165) is 36.1 Å². The van der Waals surface area contributed by atoms with Gasteiger partial charge in [0.1, 0.15) is 6.04 Å². The molecular weight excluding hydrogens is 455 g/mol. The SMILES string of the molecule is COc1c(N2CC(OC)(C(F)(F)F)CC2C(=O)Nc2cccc(SC)c2)ccc(F)c1F. The number of benzene rings is 2. The molecule has 0 spiro atoms. The Bertz CT molecular complexity index is 1000. The first-order valence-corrected chi connectivity index (χ1v) is 10.6. The first-order chi connectivity index (χ1) is 15.1. The number of alkyl halides is 3. The molecule has 1 fully saturated rings. The molecule has 5 nitrogen and oxygen atoms in total. The molecule has 3 rings (SSSR count). The molecule has 2 unspecified atom stereocenters. The molecule has 0 bridgehead atoms. The van der Waals surface area contributed by atoms with Crippen LogP contribution in [-0.4, -0.2) is 50.7 Å². The Morgan fingerprint density at radius 3 is 2.53 bits per heavy atom. The summed E-state index contributed by atoms with van der Waals surface area (Å²) in [6.07, 6.45) is -3.73. The molecule has 1 N–H and O–H groups in total. The highest BCUT2D eigenvalue weighted by molar-refractivity contribution is 7.98. The standard InChI is InChI=1S/C21H21F5N2O3S/c1-30-18-15(8-7-14(22)17(18)23)28-11-20(31-2,21(24,25)26)10-16(28)19(29)27-12-5-4-6-13(9-12)32-3/h4-9,16H,10-11H2,1-3H3,(H,27,29).